The predicted octanol–water partition coefficient (Wildman–Crippen LogP) is 1.68. The van der Waals surface area contributed by atoms with E-state index in [0.717, 1.165) is 11.0 Å². The van der Waals surface area contributed by atoms with Crippen LogP contribution in [0.3, 0.4) is 0 Å². The van der Waals surface area contributed by atoms with Gasteiger partial charge in [0, 0.05) is 31.7 Å². The zero-order valence-electron chi connectivity index (χ0n) is 18.8. The monoisotopic (exact) mass is 465 g/mol. The highest BCUT2D eigenvalue weighted by Crippen LogP contribution is 2.30. The van der Waals surface area contributed by atoms with Crippen molar-refractivity contribution in [2.75, 3.05) is 31.8 Å². The molecule has 1 amide bonds. The number of allylic oxidation sites excluding steroid dienone is 2. The molecule has 7 N–H and O–H groups in total. The van der Waals surface area contributed by atoms with Gasteiger partial charge in [0.15, 0.2) is 0 Å². The van der Waals surface area contributed by atoms with Gasteiger partial charge in [-0.15, -0.1) is 0 Å². The summed E-state index contributed by atoms with van der Waals surface area (Å²) in [4.78, 5) is 20.5. The second-order valence-corrected chi connectivity index (χ2v) is 7.59. The van der Waals surface area contributed by atoms with Crippen LogP contribution in [0.2, 0.25) is 0 Å². The van der Waals surface area contributed by atoms with E-state index < -0.39 is 5.91 Å². The van der Waals surface area contributed by atoms with Crippen LogP contribution >= 0.6 is 0 Å². The van der Waals surface area contributed by atoms with Gasteiger partial charge in [0.25, 0.3) is 0 Å². The topological polar surface area (TPSA) is 169 Å². The summed E-state index contributed by atoms with van der Waals surface area (Å²) < 4.78 is 14.9. The van der Waals surface area contributed by atoms with Crippen LogP contribution < -0.4 is 26.7 Å². The lowest BCUT2D eigenvalue weighted by Crippen LogP contribution is -2.12. The van der Waals surface area contributed by atoms with Gasteiger partial charge in [-0.1, -0.05) is 18.2 Å². The summed E-state index contributed by atoms with van der Waals surface area (Å²) in [5.74, 6) is 1.17. The van der Waals surface area contributed by atoms with Crippen LogP contribution in [0.4, 0.5) is 11.9 Å². The lowest BCUT2D eigenvalue weighted by Gasteiger charge is -2.11. The number of nitrogen functional groups attached to an aromatic ring is 2. The standard InChI is InChI=1S/C23H27N7O4/c1-33-17-7-4-6-15-19(17)29(22(25)27-15)8-2-3-9-30-20-16(28-23(30)26)12-14(21(24)32)13-18(20)34-11-5-10-31/h2-4,6-7,12-13,31H,5,8-11H2,1H3,(H2,24,32)(H2,25,27)(H2,26,28)/b3-2+. The molecule has 2 aromatic carbocycles. The van der Waals surface area contributed by atoms with Gasteiger partial charge < -0.3 is 40.9 Å². The van der Waals surface area contributed by atoms with Crippen LogP contribution in [0.15, 0.2) is 42.5 Å². The maximum Gasteiger partial charge on any atom is 0.248 e. The number of nitrogens with two attached hydrogens (primary N) is 3. The van der Waals surface area contributed by atoms with Gasteiger partial charge in [-0.25, -0.2) is 9.97 Å². The molecule has 0 radical (unpaired) electrons. The van der Waals surface area contributed by atoms with Crippen molar-refractivity contribution in [2.45, 2.75) is 19.5 Å². The molecule has 2 aromatic heterocycles. The number of carbonyl (C=O) groups is 1. The Morgan fingerprint density at radius 3 is 2.29 bits per heavy atom. The van der Waals surface area contributed by atoms with Crippen LogP contribution in [-0.4, -0.2) is 50.4 Å². The maximum absolute atomic E-state index is 11.7. The van der Waals surface area contributed by atoms with Crippen LogP contribution in [0.25, 0.3) is 22.1 Å². The third-order valence-corrected chi connectivity index (χ3v) is 5.40. The quantitative estimate of drug-likeness (QED) is 0.202. The van der Waals surface area contributed by atoms with Crippen molar-refractivity contribution in [3.8, 4) is 11.5 Å². The molecule has 0 aliphatic rings. The molecule has 178 valence electrons. The number of aliphatic hydroxyl groups is 1. The molecule has 4 rings (SSSR count). The fraction of sp³-hybridized carbons (Fsp3) is 0.261. The Morgan fingerprint density at radius 1 is 1.03 bits per heavy atom. The van der Waals surface area contributed by atoms with E-state index in [-0.39, 0.29) is 24.7 Å². The second-order valence-electron chi connectivity index (χ2n) is 7.59. The number of aromatic nitrogens is 4. The molecule has 11 nitrogen and oxygen atoms in total. The van der Waals surface area contributed by atoms with Crippen molar-refractivity contribution in [3.05, 3.63) is 48.0 Å². The summed E-state index contributed by atoms with van der Waals surface area (Å²) in [6.07, 6.45) is 4.31. The molecule has 0 saturated heterocycles. The molecule has 0 fully saturated rings. The number of hydrogen-bond acceptors (Lipinski definition) is 8. The largest absolute Gasteiger partial charge is 0.494 e. The van der Waals surface area contributed by atoms with Crippen molar-refractivity contribution < 1.29 is 19.4 Å². The number of nitrogens with zero attached hydrogens (tertiary/aromatic N) is 4. The van der Waals surface area contributed by atoms with Crippen molar-refractivity contribution in [3.63, 3.8) is 0 Å². The maximum atomic E-state index is 11.7. The zero-order valence-corrected chi connectivity index (χ0v) is 18.8. The molecule has 0 unspecified atom stereocenters. The normalized spacial score (nSPS) is 11.6. The number of anilines is 2. The Kier molecular flexibility index (Phi) is 6.55. The summed E-state index contributed by atoms with van der Waals surface area (Å²) in [5, 5.41) is 9.08. The molecule has 0 aliphatic heterocycles. The van der Waals surface area contributed by atoms with E-state index in [2.05, 4.69) is 9.97 Å². The molecule has 11 heteroatoms. The number of para-hydroxylation sites is 1. The Bertz CT molecular complexity index is 1370. The molecular formula is C23H27N7O4. The highest BCUT2D eigenvalue weighted by atomic mass is 16.5. The van der Waals surface area contributed by atoms with E-state index in [9.17, 15) is 4.79 Å². The number of primary amides is 1. The summed E-state index contributed by atoms with van der Waals surface area (Å²) in [6, 6.07) is 8.75. The molecule has 0 bridgehead atoms. The SMILES string of the molecule is COc1cccc2nc(N)n(C/C=C/Cn3c(N)nc4cc(C(N)=O)cc(OCCCO)c43)c12. The van der Waals surface area contributed by atoms with E-state index in [0.29, 0.717) is 48.0 Å². The van der Waals surface area contributed by atoms with Crippen LogP contribution in [0, 0.1) is 0 Å². The molecule has 0 aliphatic carbocycles. The summed E-state index contributed by atoms with van der Waals surface area (Å²) in [7, 11) is 1.61. The number of hydrogen-bond donors (Lipinski definition) is 4. The van der Waals surface area contributed by atoms with Gasteiger partial charge >= 0.3 is 0 Å². The summed E-state index contributed by atoms with van der Waals surface area (Å²) in [6.45, 7) is 1.13. The Balaban J connectivity index is 1.62. The number of amides is 1. The van der Waals surface area contributed by atoms with Crippen LogP contribution in [-0.2, 0) is 13.1 Å². The average molecular weight is 466 g/mol. The first kappa shape index (κ1) is 22.9. The van der Waals surface area contributed by atoms with E-state index in [1.54, 1.807) is 23.8 Å². The number of methoxy groups -OCH3 is 1. The lowest BCUT2D eigenvalue weighted by molar-refractivity contribution is 0.1000. The number of rotatable bonds is 10. The highest BCUT2D eigenvalue weighted by molar-refractivity contribution is 5.98. The van der Waals surface area contributed by atoms with Crippen molar-refractivity contribution >= 4 is 39.9 Å². The fourth-order valence-corrected chi connectivity index (χ4v) is 3.81. The molecule has 4 aromatic rings. The number of ether oxygens (including phenoxy) is 2. The highest BCUT2D eigenvalue weighted by Gasteiger charge is 2.17. The Labute approximate surface area is 195 Å². The third-order valence-electron chi connectivity index (χ3n) is 5.40. The Hall–Kier alpha value is -4.25. The van der Waals surface area contributed by atoms with Gasteiger partial charge in [-0.05, 0) is 24.3 Å². The predicted molar refractivity (Wildman–Crippen MR) is 130 cm³/mol. The second kappa shape index (κ2) is 9.71. The number of aliphatic hydroxyl groups excluding tert-OH is 1. The molecule has 0 atom stereocenters. The van der Waals surface area contributed by atoms with Gasteiger partial charge in [0.05, 0.1) is 24.8 Å². The third kappa shape index (κ3) is 4.33. The minimum Gasteiger partial charge on any atom is -0.494 e. The minimum atomic E-state index is -0.595. The van der Waals surface area contributed by atoms with Gasteiger partial charge in [0.2, 0.25) is 17.8 Å². The van der Waals surface area contributed by atoms with E-state index >= 15 is 0 Å². The average Bonchev–Trinajstić information content (AvgIpc) is 3.31. The number of benzene rings is 2. The van der Waals surface area contributed by atoms with Gasteiger partial charge in [-0.3, -0.25) is 4.79 Å². The van der Waals surface area contributed by atoms with E-state index in [1.165, 1.54) is 0 Å². The van der Waals surface area contributed by atoms with Gasteiger partial charge in [0.1, 0.15) is 22.5 Å². The first-order valence-corrected chi connectivity index (χ1v) is 10.7. The molecule has 0 spiro atoms. The number of fused-ring (bicyclic) bond motifs is 2. The molecular weight excluding hydrogens is 438 g/mol. The summed E-state index contributed by atoms with van der Waals surface area (Å²) >= 11 is 0. The van der Waals surface area contributed by atoms with Crippen molar-refractivity contribution in [2.24, 2.45) is 5.73 Å². The zero-order chi connectivity index (χ0) is 24.2. The molecule has 2 heterocycles. The van der Waals surface area contributed by atoms with Crippen molar-refractivity contribution in [1.29, 1.82) is 0 Å². The molecule has 34 heavy (non-hydrogen) atoms. The van der Waals surface area contributed by atoms with Crippen LogP contribution in [0.5, 0.6) is 11.5 Å². The van der Waals surface area contributed by atoms with E-state index in [1.807, 2.05) is 34.9 Å². The first-order valence-electron chi connectivity index (χ1n) is 10.7. The Morgan fingerprint density at radius 2 is 1.68 bits per heavy atom. The molecule has 0 saturated carbocycles. The van der Waals surface area contributed by atoms with Crippen LogP contribution in [0.1, 0.15) is 16.8 Å². The number of carbonyl (C=O) groups excluding carboxylic acids is 1. The smallest absolute Gasteiger partial charge is 0.248 e. The lowest BCUT2D eigenvalue weighted by atomic mass is 10.1. The van der Waals surface area contributed by atoms with Crippen molar-refractivity contribution in [1.82, 2.24) is 19.1 Å². The van der Waals surface area contributed by atoms with Gasteiger partial charge in [-0.2, -0.15) is 0 Å². The van der Waals surface area contributed by atoms with E-state index in [4.69, 9.17) is 31.8 Å². The number of imidazole rings is 2. The minimum absolute atomic E-state index is 0.0142. The summed E-state index contributed by atoms with van der Waals surface area (Å²) in [5.41, 5.74) is 20.7. The first-order chi connectivity index (χ1) is 16.4. The fourth-order valence-electron chi connectivity index (χ4n) is 3.81.